The Hall–Kier alpha value is -1.35. The number of likely N-dealkylation sites (tertiary alicyclic amines) is 1. The van der Waals surface area contributed by atoms with E-state index in [1.165, 1.54) is 0 Å². The molecule has 90 valence electrons. The molecule has 0 unspecified atom stereocenters. The maximum atomic E-state index is 12.4. The first-order chi connectivity index (χ1) is 8.23. The van der Waals surface area contributed by atoms with Crippen molar-refractivity contribution in [3.8, 4) is 0 Å². The minimum absolute atomic E-state index is 0.0472. The zero-order valence-corrected chi connectivity index (χ0v) is 10.1. The first-order valence-electron chi connectivity index (χ1n) is 6.17. The Morgan fingerprint density at radius 2 is 2.06 bits per heavy atom. The highest BCUT2D eigenvalue weighted by atomic mass is 16.5. The molecule has 2 heterocycles. The molecule has 1 atom stereocenters. The third kappa shape index (κ3) is 1.57. The van der Waals surface area contributed by atoms with Crippen molar-refractivity contribution < 1.29 is 9.53 Å². The van der Waals surface area contributed by atoms with Gasteiger partial charge in [-0.3, -0.25) is 4.79 Å². The molecule has 3 rings (SSSR count). The van der Waals surface area contributed by atoms with E-state index in [2.05, 4.69) is 0 Å². The predicted octanol–water partition coefficient (Wildman–Crippen LogP) is 1.79. The maximum Gasteiger partial charge on any atom is 0.230 e. The average molecular weight is 231 g/mol. The molecule has 1 aromatic carbocycles. The second kappa shape index (κ2) is 3.84. The molecular weight excluding hydrogens is 214 g/mol. The Kier molecular flexibility index (Phi) is 2.44. The molecule has 2 aliphatic rings. The van der Waals surface area contributed by atoms with Crippen LogP contribution in [0.2, 0.25) is 0 Å². The Labute approximate surface area is 101 Å². The number of ether oxygens (including phenoxy) is 1. The van der Waals surface area contributed by atoms with E-state index in [9.17, 15) is 4.79 Å². The van der Waals surface area contributed by atoms with Gasteiger partial charge in [0.15, 0.2) is 0 Å². The molecule has 0 aliphatic carbocycles. The number of hydrogen-bond donors (Lipinski definition) is 0. The zero-order valence-electron chi connectivity index (χ0n) is 10.1. The molecular formula is C14H17NO2. The SMILES string of the molecule is C[C@@H](C(=O)N1CCC12COC2)c1ccccc1. The third-order valence-electron chi connectivity index (χ3n) is 4.05. The summed E-state index contributed by atoms with van der Waals surface area (Å²) in [6.07, 6.45) is 1.10. The van der Waals surface area contributed by atoms with Crippen molar-refractivity contribution in [1.29, 1.82) is 0 Å². The van der Waals surface area contributed by atoms with Crippen LogP contribution in [-0.4, -0.2) is 36.1 Å². The zero-order chi connectivity index (χ0) is 11.9. The minimum atomic E-state index is -0.0472. The van der Waals surface area contributed by atoms with Crippen LogP contribution in [0, 0.1) is 0 Å². The van der Waals surface area contributed by atoms with Gasteiger partial charge in [-0.2, -0.15) is 0 Å². The smallest absolute Gasteiger partial charge is 0.230 e. The largest absolute Gasteiger partial charge is 0.376 e. The number of benzene rings is 1. The monoisotopic (exact) mass is 231 g/mol. The molecule has 0 bridgehead atoms. The number of hydrogen-bond acceptors (Lipinski definition) is 2. The molecule has 1 aromatic rings. The van der Waals surface area contributed by atoms with Crippen molar-refractivity contribution >= 4 is 5.91 Å². The fraction of sp³-hybridized carbons (Fsp3) is 0.500. The predicted molar refractivity (Wildman–Crippen MR) is 64.7 cm³/mol. The lowest BCUT2D eigenvalue weighted by molar-refractivity contribution is -0.200. The standard InChI is InChI=1S/C14H17NO2/c1-11(12-5-3-2-4-6-12)13(16)15-8-7-14(15)9-17-10-14/h2-6,11H,7-10H2,1H3/t11-/m1/s1. The lowest BCUT2D eigenvalue weighted by Gasteiger charge is -2.58. The van der Waals surface area contributed by atoms with Crippen LogP contribution >= 0.6 is 0 Å². The molecule has 2 aliphatic heterocycles. The van der Waals surface area contributed by atoms with Crippen LogP contribution in [0.15, 0.2) is 30.3 Å². The molecule has 17 heavy (non-hydrogen) atoms. The van der Waals surface area contributed by atoms with Crippen LogP contribution < -0.4 is 0 Å². The lowest BCUT2D eigenvalue weighted by atomic mass is 9.81. The fourth-order valence-electron chi connectivity index (χ4n) is 2.64. The summed E-state index contributed by atoms with van der Waals surface area (Å²) in [4.78, 5) is 14.4. The van der Waals surface area contributed by atoms with Crippen molar-refractivity contribution in [2.45, 2.75) is 24.8 Å². The molecule has 1 spiro atoms. The van der Waals surface area contributed by atoms with Gasteiger partial charge in [-0.15, -0.1) is 0 Å². The summed E-state index contributed by atoms with van der Waals surface area (Å²) in [7, 11) is 0. The molecule has 0 radical (unpaired) electrons. The lowest BCUT2D eigenvalue weighted by Crippen LogP contribution is -2.72. The van der Waals surface area contributed by atoms with Crippen LogP contribution in [0.5, 0.6) is 0 Å². The first-order valence-corrected chi connectivity index (χ1v) is 6.17. The van der Waals surface area contributed by atoms with Gasteiger partial charge in [0, 0.05) is 6.54 Å². The van der Waals surface area contributed by atoms with E-state index >= 15 is 0 Å². The van der Waals surface area contributed by atoms with E-state index in [0.29, 0.717) is 0 Å². The topological polar surface area (TPSA) is 29.5 Å². The molecule has 0 saturated carbocycles. The van der Waals surface area contributed by atoms with E-state index in [-0.39, 0.29) is 17.4 Å². The normalized spacial score (nSPS) is 22.8. The summed E-state index contributed by atoms with van der Waals surface area (Å²) < 4.78 is 5.25. The van der Waals surface area contributed by atoms with Crippen LogP contribution in [-0.2, 0) is 9.53 Å². The van der Waals surface area contributed by atoms with Gasteiger partial charge in [0.2, 0.25) is 5.91 Å². The van der Waals surface area contributed by atoms with E-state index in [4.69, 9.17) is 4.74 Å². The van der Waals surface area contributed by atoms with Gasteiger partial charge in [0.25, 0.3) is 0 Å². The number of nitrogens with zero attached hydrogens (tertiary/aromatic N) is 1. The van der Waals surface area contributed by atoms with Gasteiger partial charge in [0.05, 0.1) is 24.7 Å². The number of rotatable bonds is 2. The van der Waals surface area contributed by atoms with Gasteiger partial charge in [-0.25, -0.2) is 0 Å². The Morgan fingerprint density at radius 3 is 2.53 bits per heavy atom. The molecule has 0 aromatic heterocycles. The van der Waals surface area contributed by atoms with Crippen LogP contribution in [0.3, 0.4) is 0 Å². The van der Waals surface area contributed by atoms with Crippen molar-refractivity contribution in [1.82, 2.24) is 4.90 Å². The van der Waals surface area contributed by atoms with Crippen molar-refractivity contribution in [2.24, 2.45) is 0 Å². The average Bonchev–Trinajstić information content (AvgIpc) is 2.26. The fourth-order valence-corrected chi connectivity index (χ4v) is 2.64. The van der Waals surface area contributed by atoms with E-state index < -0.39 is 0 Å². The summed E-state index contributed by atoms with van der Waals surface area (Å²) in [6, 6.07) is 9.99. The summed E-state index contributed by atoms with van der Waals surface area (Å²) in [5.74, 6) is 0.194. The summed E-state index contributed by atoms with van der Waals surface area (Å²) in [6.45, 7) is 4.32. The van der Waals surface area contributed by atoms with E-state index in [1.807, 2.05) is 42.2 Å². The molecule has 1 amide bonds. The second-order valence-electron chi connectivity index (χ2n) is 5.09. The highest BCUT2D eigenvalue weighted by Crippen LogP contribution is 2.39. The van der Waals surface area contributed by atoms with Crippen LogP contribution in [0.1, 0.15) is 24.8 Å². The molecule has 2 fully saturated rings. The molecule has 0 N–H and O–H groups in total. The first kappa shape index (κ1) is 10.8. The maximum absolute atomic E-state index is 12.4. The minimum Gasteiger partial charge on any atom is -0.376 e. The van der Waals surface area contributed by atoms with Gasteiger partial charge in [-0.1, -0.05) is 30.3 Å². The van der Waals surface area contributed by atoms with Crippen molar-refractivity contribution in [3.05, 3.63) is 35.9 Å². The second-order valence-corrected chi connectivity index (χ2v) is 5.09. The van der Waals surface area contributed by atoms with Gasteiger partial charge in [0.1, 0.15) is 0 Å². The van der Waals surface area contributed by atoms with E-state index in [0.717, 1.165) is 31.7 Å². The molecule has 3 heteroatoms. The molecule has 3 nitrogen and oxygen atoms in total. The quantitative estimate of drug-likeness (QED) is 0.776. The summed E-state index contributed by atoms with van der Waals surface area (Å²) in [5.41, 5.74) is 1.15. The van der Waals surface area contributed by atoms with Gasteiger partial charge >= 0.3 is 0 Å². The Bertz CT molecular complexity index is 420. The Balaban J connectivity index is 1.74. The van der Waals surface area contributed by atoms with Crippen LogP contribution in [0.4, 0.5) is 0 Å². The highest BCUT2D eigenvalue weighted by molar-refractivity contribution is 5.85. The molecule has 2 saturated heterocycles. The van der Waals surface area contributed by atoms with E-state index in [1.54, 1.807) is 0 Å². The number of carbonyl (C=O) groups is 1. The number of amides is 1. The highest BCUT2D eigenvalue weighted by Gasteiger charge is 2.53. The third-order valence-corrected chi connectivity index (χ3v) is 4.05. The van der Waals surface area contributed by atoms with Gasteiger partial charge < -0.3 is 9.64 Å². The Morgan fingerprint density at radius 1 is 1.35 bits per heavy atom. The summed E-state index contributed by atoms with van der Waals surface area (Å²) >= 11 is 0. The van der Waals surface area contributed by atoms with Crippen LogP contribution in [0.25, 0.3) is 0 Å². The van der Waals surface area contributed by atoms with Crippen molar-refractivity contribution in [3.63, 3.8) is 0 Å². The summed E-state index contributed by atoms with van der Waals surface area (Å²) in [5, 5.41) is 0. The van der Waals surface area contributed by atoms with Gasteiger partial charge in [-0.05, 0) is 18.9 Å². The number of carbonyl (C=O) groups excluding carboxylic acids is 1. The van der Waals surface area contributed by atoms with Crippen molar-refractivity contribution in [2.75, 3.05) is 19.8 Å².